The lowest BCUT2D eigenvalue weighted by Crippen LogP contribution is -2.24. The minimum Gasteiger partial charge on any atom is -0.495 e. The van der Waals surface area contributed by atoms with E-state index in [1.807, 2.05) is 28.8 Å². The fourth-order valence-electron chi connectivity index (χ4n) is 2.19. The van der Waals surface area contributed by atoms with Crippen molar-refractivity contribution in [1.29, 1.82) is 0 Å². The fourth-order valence-corrected chi connectivity index (χ4v) is 3.52. The first-order valence-electron chi connectivity index (χ1n) is 6.75. The van der Waals surface area contributed by atoms with Gasteiger partial charge in [0.05, 0.1) is 35.3 Å². The van der Waals surface area contributed by atoms with Crippen LogP contribution in [0.15, 0.2) is 53.7 Å². The third kappa shape index (κ3) is 3.17. The number of methoxy groups -OCH3 is 1. The number of benzene rings is 1. The molecule has 0 aliphatic rings. The molecule has 3 aromatic rings. The second kappa shape index (κ2) is 6.19. The molecule has 0 saturated heterocycles. The summed E-state index contributed by atoms with van der Waals surface area (Å²) in [6, 6.07) is 9.96. The Morgan fingerprint density at radius 2 is 2.13 bits per heavy atom. The van der Waals surface area contributed by atoms with Crippen molar-refractivity contribution in [2.24, 2.45) is 0 Å². The standard InChI is InChI=1S/C15H14ClN3O3S/c1-22-14-6-5-12(8-13(14)16)23(20,21)18-10-15-17-9-11-4-2-3-7-19(11)15/h2-9,18H,10H2,1H3. The van der Waals surface area contributed by atoms with Crippen LogP contribution in [0.5, 0.6) is 5.75 Å². The number of aromatic nitrogens is 2. The van der Waals surface area contributed by atoms with Crippen LogP contribution in [0.25, 0.3) is 5.52 Å². The van der Waals surface area contributed by atoms with E-state index in [0.29, 0.717) is 11.6 Å². The number of halogens is 1. The van der Waals surface area contributed by atoms with Gasteiger partial charge in [-0.15, -0.1) is 0 Å². The molecule has 0 radical (unpaired) electrons. The van der Waals surface area contributed by atoms with Crippen LogP contribution >= 0.6 is 11.6 Å². The van der Waals surface area contributed by atoms with Gasteiger partial charge in [-0.2, -0.15) is 0 Å². The number of nitrogens with one attached hydrogen (secondary N) is 1. The van der Waals surface area contributed by atoms with Crippen molar-refractivity contribution < 1.29 is 13.2 Å². The third-order valence-corrected chi connectivity index (χ3v) is 5.06. The predicted molar refractivity (Wildman–Crippen MR) is 87.2 cm³/mol. The number of fused-ring (bicyclic) bond motifs is 1. The molecule has 1 aromatic carbocycles. The normalized spacial score (nSPS) is 11.7. The van der Waals surface area contributed by atoms with Gasteiger partial charge in [0.25, 0.3) is 0 Å². The SMILES string of the molecule is COc1ccc(S(=O)(=O)NCc2ncc3ccccn23)cc1Cl. The second-order valence-electron chi connectivity index (χ2n) is 4.79. The Hall–Kier alpha value is -2.09. The van der Waals surface area contributed by atoms with E-state index in [0.717, 1.165) is 5.52 Å². The molecule has 8 heteroatoms. The Labute approximate surface area is 138 Å². The topological polar surface area (TPSA) is 72.7 Å². The highest BCUT2D eigenvalue weighted by Crippen LogP contribution is 2.26. The molecule has 3 rings (SSSR count). The molecule has 2 aromatic heterocycles. The fraction of sp³-hybridized carbons (Fsp3) is 0.133. The van der Waals surface area contributed by atoms with Gasteiger partial charge in [-0.1, -0.05) is 17.7 Å². The van der Waals surface area contributed by atoms with Crippen LogP contribution in [0.3, 0.4) is 0 Å². The monoisotopic (exact) mass is 351 g/mol. The maximum absolute atomic E-state index is 12.4. The first-order chi connectivity index (χ1) is 11.0. The van der Waals surface area contributed by atoms with Gasteiger partial charge < -0.3 is 9.14 Å². The zero-order valence-electron chi connectivity index (χ0n) is 12.2. The van der Waals surface area contributed by atoms with Gasteiger partial charge in [0, 0.05) is 6.20 Å². The van der Waals surface area contributed by atoms with Crippen LogP contribution in [-0.2, 0) is 16.6 Å². The average molecular weight is 352 g/mol. The zero-order chi connectivity index (χ0) is 16.4. The number of nitrogens with zero attached hydrogens (tertiary/aromatic N) is 2. The average Bonchev–Trinajstić information content (AvgIpc) is 2.96. The van der Waals surface area contributed by atoms with Gasteiger partial charge in [-0.3, -0.25) is 0 Å². The van der Waals surface area contributed by atoms with Crippen LogP contribution < -0.4 is 9.46 Å². The molecule has 0 aliphatic heterocycles. The molecule has 0 aliphatic carbocycles. The molecule has 0 atom stereocenters. The van der Waals surface area contributed by atoms with Gasteiger partial charge in [-0.05, 0) is 30.3 Å². The number of hydrogen-bond donors (Lipinski definition) is 1. The van der Waals surface area contributed by atoms with Gasteiger partial charge >= 0.3 is 0 Å². The van der Waals surface area contributed by atoms with Crippen molar-refractivity contribution in [2.75, 3.05) is 7.11 Å². The highest BCUT2D eigenvalue weighted by atomic mass is 35.5. The Morgan fingerprint density at radius 1 is 1.30 bits per heavy atom. The van der Waals surface area contributed by atoms with Crippen molar-refractivity contribution in [3.05, 3.63) is 59.6 Å². The Balaban J connectivity index is 1.83. The molecule has 1 N–H and O–H groups in total. The first kappa shape index (κ1) is 15.8. The summed E-state index contributed by atoms with van der Waals surface area (Å²) >= 11 is 5.98. The number of pyridine rings is 1. The van der Waals surface area contributed by atoms with Crippen molar-refractivity contribution >= 4 is 27.1 Å². The summed E-state index contributed by atoms with van der Waals surface area (Å²) < 4.78 is 34.1. The van der Waals surface area contributed by atoms with E-state index in [2.05, 4.69) is 9.71 Å². The molecule has 23 heavy (non-hydrogen) atoms. The van der Waals surface area contributed by atoms with E-state index in [1.165, 1.54) is 25.3 Å². The quantitative estimate of drug-likeness (QED) is 0.766. The summed E-state index contributed by atoms with van der Waals surface area (Å²) in [6.45, 7) is 0.0736. The third-order valence-electron chi connectivity index (χ3n) is 3.37. The van der Waals surface area contributed by atoms with E-state index in [4.69, 9.17) is 16.3 Å². The van der Waals surface area contributed by atoms with Crippen molar-refractivity contribution in [2.45, 2.75) is 11.4 Å². The van der Waals surface area contributed by atoms with E-state index >= 15 is 0 Å². The van der Waals surface area contributed by atoms with Gasteiger partial charge in [0.15, 0.2) is 0 Å². The Kier molecular flexibility index (Phi) is 4.25. The maximum Gasteiger partial charge on any atom is 0.241 e. The number of imidazole rings is 1. The molecule has 120 valence electrons. The zero-order valence-corrected chi connectivity index (χ0v) is 13.8. The molecule has 0 spiro atoms. The van der Waals surface area contributed by atoms with Crippen molar-refractivity contribution in [1.82, 2.24) is 14.1 Å². The lowest BCUT2D eigenvalue weighted by atomic mass is 10.3. The number of rotatable bonds is 5. The summed E-state index contributed by atoms with van der Waals surface area (Å²) in [5.41, 5.74) is 0.897. The van der Waals surface area contributed by atoms with E-state index in [9.17, 15) is 8.42 Å². The molecular weight excluding hydrogens is 338 g/mol. The molecule has 0 fully saturated rings. The summed E-state index contributed by atoms with van der Waals surface area (Å²) in [4.78, 5) is 4.30. The molecule has 0 bridgehead atoms. The van der Waals surface area contributed by atoms with Crippen LogP contribution in [0.4, 0.5) is 0 Å². The number of ether oxygens (including phenoxy) is 1. The summed E-state index contributed by atoms with van der Waals surface area (Å²) in [5.74, 6) is 1.02. The van der Waals surface area contributed by atoms with E-state index in [1.54, 1.807) is 6.20 Å². The Morgan fingerprint density at radius 3 is 2.87 bits per heavy atom. The van der Waals surface area contributed by atoms with Crippen molar-refractivity contribution in [3.63, 3.8) is 0 Å². The molecule has 0 amide bonds. The lowest BCUT2D eigenvalue weighted by Gasteiger charge is -2.08. The minimum atomic E-state index is -3.70. The highest BCUT2D eigenvalue weighted by molar-refractivity contribution is 7.89. The lowest BCUT2D eigenvalue weighted by molar-refractivity contribution is 0.414. The summed E-state index contributed by atoms with van der Waals surface area (Å²) in [6.07, 6.45) is 3.52. The Bertz CT molecular complexity index is 954. The van der Waals surface area contributed by atoms with Gasteiger partial charge in [0.2, 0.25) is 10.0 Å². The van der Waals surface area contributed by atoms with Gasteiger partial charge in [0.1, 0.15) is 11.6 Å². The van der Waals surface area contributed by atoms with Crippen LogP contribution in [0, 0.1) is 0 Å². The first-order valence-corrected chi connectivity index (χ1v) is 8.61. The van der Waals surface area contributed by atoms with Crippen LogP contribution in [-0.4, -0.2) is 24.9 Å². The second-order valence-corrected chi connectivity index (χ2v) is 6.96. The van der Waals surface area contributed by atoms with E-state index < -0.39 is 10.0 Å². The van der Waals surface area contributed by atoms with Crippen molar-refractivity contribution in [3.8, 4) is 5.75 Å². The molecule has 6 nitrogen and oxygen atoms in total. The summed E-state index contributed by atoms with van der Waals surface area (Å²) in [7, 11) is -2.23. The van der Waals surface area contributed by atoms with Gasteiger partial charge in [-0.25, -0.2) is 18.1 Å². The van der Waals surface area contributed by atoms with Crippen LogP contribution in [0.1, 0.15) is 5.82 Å². The number of sulfonamides is 1. The molecular formula is C15H14ClN3O3S. The maximum atomic E-state index is 12.4. The minimum absolute atomic E-state index is 0.0733. The summed E-state index contributed by atoms with van der Waals surface area (Å²) in [5, 5.41) is 0.238. The molecule has 2 heterocycles. The molecule has 0 unspecified atom stereocenters. The largest absolute Gasteiger partial charge is 0.495 e. The van der Waals surface area contributed by atoms with E-state index in [-0.39, 0.29) is 16.5 Å². The highest BCUT2D eigenvalue weighted by Gasteiger charge is 2.17. The number of hydrogen-bond acceptors (Lipinski definition) is 4. The smallest absolute Gasteiger partial charge is 0.241 e. The van der Waals surface area contributed by atoms with Crippen LogP contribution in [0.2, 0.25) is 5.02 Å². The molecule has 0 saturated carbocycles. The predicted octanol–water partition coefficient (Wildman–Crippen LogP) is 2.47.